The molecule has 20 heavy (non-hydrogen) atoms. The van der Waals surface area contributed by atoms with Crippen LogP contribution in [0.5, 0.6) is 0 Å². The van der Waals surface area contributed by atoms with Crippen LogP contribution in [0.1, 0.15) is 16.1 Å². The molecule has 1 amide bonds. The summed E-state index contributed by atoms with van der Waals surface area (Å²) in [7, 11) is 0. The summed E-state index contributed by atoms with van der Waals surface area (Å²) in [5.74, 6) is -0.229. The maximum Gasteiger partial charge on any atom is 0.266 e. The highest BCUT2D eigenvalue weighted by molar-refractivity contribution is 6.30. The third kappa shape index (κ3) is 3.68. The smallest absolute Gasteiger partial charge is 0.266 e. The van der Waals surface area contributed by atoms with Crippen molar-refractivity contribution < 1.29 is 4.79 Å². The summed E-state index contributed by atoms with van der Waals surface area (Å²) < 4.78 is 1.33. The van der Waals surface area contributed by atoms with E-state index >= 15 is 0 Å². The molecule has 104 valence electrons. The van der Waals surface area contributed by atoms with Gasteiger partial charge < -0.3 is 5.32 Å². The third-order valence-electron chi connectivity index (χ3n) is 2.70. The van der Waals surface area contributed by atoms with Gasteiger partial charge >= 0.3 is 0 Å². The number of carbonyl (C=O) groups is 1. The lowest BCUT2D eigenvalue weighted by molar-refractivity contribution is 0.0951. The summed E-state index contributed by atoms with van der Waals surface area (Å²) >= 11 is 5.82. The molecule has 0 radical (unpaired) electrons. The summed E-state index contributed by atoms with van der Waals surface area (Å²) in [6, 6.07) is 9.80. The van der Waals surface area contributed by atoms with Gasteiger partial charge in [0, 0.05) is 23.2 Å². The fraction of sp³-hybridized carbons (Fsp3) is 0.214. The molecule has 0 saturated carbocycles. The Labute approximate surface area is 121 Å². The van der Waals surface area contributed by atoms with Crippen LogP contribution in [-0.2, 0) is 6.54 Å². The zero-order chi connectivity index (χ0) is 14.5. The van der Waals surface area contributed by atoms with Crippen LogP contribution in [0, 0.1) is 6.92 Å². The first-order chi connectivity index (χ1) is 9.56. The minimum atomic E-state index is -0.229. The highest BCUT2D eigenvalue weighted by Gasteiger charge is 2.05. The van der Waals surface area contributed by atoms with Crippen molar-refractivity contribution in [1.29, 1.82) is 0 Å². The van der Waals surface area contributed by atoms with E-state index in [0.29, 0.717) is 23.7 Å². The number of amides is 1. The van der Waals surface area contributed by atoms with Crippen molar-refractivity contribution in [3.63, 3.8) is 0 Å². The van der Waals surface area contributed by atoms with Gasteiger partial charge in [0.2, 0.25) is 0 Å². The lowest BCUT2D eigenvalue weighted by Gasteiger charge is -2.07. The number of hydrogen-bond donors (Lipinski definition) is 1. The Morgan fingerprint density at radius 1 is 1.35 bits per heavy atom. The summed E-state index contributed by atoms with van der Waals surface area (Å²) in [6.07, 6.45) is 0. The summed E-state index contributed by atoms with van der Waals surface area (Å²) in [6.45, 7) is 2.45. The van der Waals surface area contributed by atoms with Crippen LogP contribution in [-0.4, -0.2) is 22.2 Å². The molecule has 0 saturated heterocycles. The fourth-order valence-corrected chi connectivity index (χ4v) is 1.91. The highest BCUT2D eigenvalue weighted by atomic mass is 35.5. The number of nitrogens with zero attached hydrogens (tertiary/aromatic N) is 2. The van der Waals surface area contributed by atoms with E-state index in [1.165, 1.54) is 10.7 Å². The molecule has 0 spiro atoms. The van der Waals surface area contributed by atoms with Crippen molar-refractivity contribution in [2.75, 3.05) is 6.54 Å². The van der Waals surface area contributed by atoms with Gasteiger partial charge in [-0.25, -0.2) is 4.68 Å². The Bertz CT molecular complexity index is 682. The Morgan fingerprint density at radius 3 is 2.90 bits per heavy atom. The normalized spacial score (nSPS) is 10.3. The number of benzene rings is 1. The average Bonchev–Trinajstić information content (AvgIpc) is 2.42. The molecule has 1 heterocycles. The molecule has 2 rings (SSSR count). The van der Waals surface area contributed by atoms with Crippen molar-refractivity contribution >= 4 is 17.5 Å². The van der Waals surface area contributed by atoms with Crippen LogP contribution < -0.4 is 10.9 Å². The number of hydrogen-bond acceptors (Lipinski definition) is 3. The summed E-state index contributed by atoms with van der Waals surface area (Å²) in [5.41, 5.74) is 1.06. The van der Waals surface area contributed by atoms with Gasteiger partial charge in [-0.05, 0) is 31.2 Å². The van der Waals surface area contributed by atoms with E-state index in [4.69, 9.17) is 11.6 Å². The Balaban J connectivity index is 1.94. The van der Waals surface area contributed by atoms with E-state index in [1.54, 1.807) is 37.3 Å². The number of rotatable bonds is 4. The predicted molar refractivity (Wildman–Crippen MR) is 77.0 cm³/mol. The molecular formula is C14H14ClN3O2. The molecule has 5 nitrogen and oxygen atoms in total. The van der Waals surface area contributed by atoms with E-state index in [-0.39, 0.29) is 11.5 Å². The molecule has 1 aromatic heterocycles. The molecule has 2 aromatic rings. The van der Waals surface area contributed by atoms with E-state index in [0.717, 1.165) is 5.69 Å². The second-order valence-electron chi connectivity index (χ2n) is 4.30. The van der Waals surface area contributed by atoms with Gasteiger partial charge in [-0.1, -0.05) is 17.7 Å². The number of aromatic nitrogens is 2. The third-order valence-corrected chi connectivity index (χ3v) is 2.93. The molecule has 6 heteroatoms. The number of nitrogens with one attached hydrogen (secondary N) is 1. The molecule has 0 aliphatic heterocycles. The molecule has 0 bridgehead atoms. The first kappa shape index (κ1) is 14.3. The molecular weight excluding hydrogens is 278 g/mol. The zero-order valence-corrected chi connectivity index (χ0v) is 11.7. The van der Waals surface area contributed by atoms with Gasteiger partial charge in [-0.15, -0.1) is 0 Å². The van der Waals surface area contributed by atoms with E-state index in [1.807, 2.05) is 0 Å². The van der Waals surface area contributed by atoms with Crippen molar-refractivity contribution in [2.45, 2.75) is 13.5 Å². The largest absolute Gasteiger partial charge is 0.350 e. The molecule has 0 unspecified atom stereocenters. The van der Waals surface area contributed by atoms with Crippen LogP contribution in [0.4, 0.5) is 0 Å². The van der Waals surface area contributed by atoms with Gasteiger partial charge in [-0.3, -0.25) is 9.59 Å². The maximum absolute atomic E-state index is 11.9. The van der Waals surface area contributed by atoms with E-state index in [9.17, 15) is 9.59 Å². The van der Waals surface area contributed by atoms with Gasteiger partial charge in [0.15, 0.2) is 0 Å². The number of carbonyl (C=O) groups excluding carboxylic acids is 1. The van der Waals surface area contributed by atoms with Crippen LogP contribution in [0.2, 0.25) is 5.02 Å². The summed E-state index contributed by atoms with van der Waals surface area (Å²) in [4.78, 5) is 23.4. The van der Waals surface area contributed by atoms with Crippen molar-refractivity contribution in [3.8, 4) is 0 Å². The van der Waals surface area contributed by atoms with E-state index in [2.05, 4.69) is 10.4 Å². The van der Waals surface area contributed by atoms with Gasteiger partial charge in [0.1, 0.15) is 0 Å². The minimum Gasteiger partial charge on any atom is -0.350 e. The minimum absolute atomic E-state index is 0.187. The molecule has 0 atom stereocenters. The quantitative estimate of drug-likeness (QED) is 0.931. The van der Waals surface area contributed by atoms with Crippen LogP contribution >= 0.6 is 11.6 Å². The maximum atomic E-state index is 11.9. The topological polar surface area (TPSA) is 64.0 Å². The number of aryl methyl sites for hydroxylation is 1. The van der Waals surface area contributed by atoms with Crippen molar-refractivity contribution in [3.05, 3.63) is 63.0 Å². The van der Waals surface area contributed by atoms with Crippen LogP contribution in [0.25, 0.3) is 0 Å². The van der Waals surface area contributed by atoms with E-state index < -0.39 is 0 Å². The standard InChI is InChI=1S/C14H14ClN3O2/c1-10-5-6-13(19)18(17-10)8-7-16-14(20)11-3-2-4-12(15)9-11/h2-6,9H,7-8H2,1H3,(H,16,20). The van der Waals surface area contributed by atoms with Gasteiger partial charge in [0.25, 0.3) is 11.5 Å². The average molecular weight is 292 g/mol. The van der Waals surface area contributed by atoms with Gasteiger partial charge in [0.05, 0.1) is 12.2 Å². The van der Waals surface area contributed by atoms with Crippen molar-refractivity contribution in [2.24, 2.45) is 0 Å². The zero-order valence-electron chi connectivity index (χ0n) is 11.0. The lowest BCUT2D eigenvalue weighted by atomic mass is 10.2. The van der Waals surface area contributed by atoms with Gasteiger partial charge in [-0.2, -0.15) is 5.10 Å². The molecule has 1 aromatic carbocycles. The Morgan fingerprint density at radius 2 is 2.15 bits per heavy atom. The highest BCUT2D eigenvalue weighted by Crippen LogP contribution is 2.10. The fourth-order valence-electron chi connectivity index (χ4n) is 1.72. The monoisotopic (exact) mass is 291 g/mol. The second kappa shape index (κ2) is 6.34. The lowest BCUT2D eigenvalue weighted by Crippen LogP contribution is -2.32. The first-order valence-corrected chi connectivity index (χ1v) is 6.52. The number of halogens is 1. The van der Waals surface area contributed by atoms with Crippen molar-refractivity contribution in [1.82, 2.24) is 15.1 Å². The SMILES string of the molecule is Cc1ccc(=O)n(CCNC(=O)c2cccc(Cl)c2)n1. The predicted octanol–water partition coefficient (Wildman–Crippen LogP) is 1.64. The molecule has 0 aliphatic rings. The molecule has 0 fully saturated rings. The van der Waals surface area contributed by atoms with Crippen LogP contribution in [0.15, 0.2) is 41.2 Å². The Kier molecular flexibility index (Phi) is 4.53. The summed E-state index contributed by atoms with van der Waals surface area (Å²) in [5, 5.41) is 7.32. The Hall–Kier alpha value is -2.14. The molecule has 1 N–H and O–H groups in total. The second-order valence-corrected chi connectivity index (χ2v) is 4.74. The molecule has 0 aliphatic carbocycles. The first-order valence-electron chi connectivity index (χ1n) is 6.15. The van der Waals surface area contributed by atoms with Crippen LogP contribution in [0.3, 0.4) is 0 Å².